The number of anilines is 2. The molecule has 2 aromatic heterocycles. The summed E-state index contributed by atoms with van der Waals surface area (Å²) in [4.78, 5) is 39.4. The Hall–Kier alpha value is -4.47. The normalized spacial score (nSPS) is 19.9. The van der Waals surface area contributed by atoms with Crippen LogP contribution in [-0.2, 0) is 39.3 Å². The van der Waals surface area contributed by atoms with Gasteiger partial charge in [-0.1, -0.05) is 23.3 Å². The van der Waals surface area contributed by atoms with Gasteiger partial charge in [-0.3, -0.25) is 18.7 Å². The maximum atomic E-state index is 14.2. The van der Waals surface area contributed by atoms with Crippen LogP contribution in [0, 0.1) is 0 Å². The number of nitrogens with one attached hydrogen (secondary N) is 1. The monoisotopic (exact) mass is 632 g/mol. The number of rotatable bonds is 14. The number of esters is 2. The van der Waals surface area contributed by atoms with Gasteiger partial charge in [0.25, 0.3) is 0 Å². The van der Waals surface area contributed by atoms with E-state index in [0.29, 0.717) is 16.7 Å². The summed E-state index contributed by atoms with van der Waals surface area (Å²) in [7, 11) is -3.06. The minimum atomic E-state index is -4.34. The fraction of sp³-hybridized carbons (Fsp3) is 0.480. The van der Waals surface area contributed by atoms with Gasteiger partial charge in [-0.2, -0.15) is 15.1 Å². The standard InChI is InChI=1S/C25H33N10O8P/c1-4-40-24(37)14(2)33-44(38,43-17-8-6-5-7-15(17)9-10-20(36)39-3)41-12-18-16(32-34-28)11-19(42-18)35-13-29-21-22(26)30-25(27)31-23(21)35/h5-8,13-14,16,18-19H,4,9-12H2,1-3H3,(H,33,38)(H4,26,27,30,31)/t14-,16+,18+,19+,44?/m0/s1. The van der Waals surface area contributed by atoms with Crippen molar-refractivity contribution in [2.45, 2.75) is 57.5 Å². The molecular weight excluding hydrogens is 599 g/mol. The highest BCUT2D eigenvalue weighted by Gasteiger charge is 2.40. The smallest absolute Gasteiger partial charge is 0.459 e. The number of fused-ring (bicyclic) bond motifs is 1. The molecule has 1 aliphatic heterocycles. The van der Waals surface area contributed by atoms with Crippen molar-refractivity contribution in [2.75, 3.05) is 31.8 Å². The van der Waals surface area contributed by atoms with E-state index in [1.54, 1.807) is 35.8 Å². The number of nitrogen functional groups attached to an aromatic ring is 2. The molecule has 1 aliphatic rings. The van der Waals surface area contributed by atoms with E-state index < -0.39 is 44.1 Å². The zero-order valence-corrected chi connectivity index (χ0v) is 25.1. The third kappa shape index (κ3) is 7.72. The van der Waals surface area contributed by atoms with Gasteiger partial charge >= 0.3 is 19.7 Å². The number of nitrogens with zero attached hydrogens (tertiary/aromatic N) is 7. The van der Waals surface area contributed by atoms with Gasteiger partial charge in [-0.15, -0.1) is 0 Å². The number of carbonyl (C=O) groups is 2. The van der Waals surface area contributed by atoms with Gasteiger partial charge < -0.3 is 30.2 Å². The lowest BCUT2D eigenvalue weighted by Gasteiger charge is -2.25. The van der Waals surface area contributed by atoms with Gasteiger partial charge in [0.2, 0.25) is 5.95 Å². The molecule has 1 unspecified atom stereocenters. The van der Waals surface area contributed by atoms with E-state index in [4.69, 9.17) is 34.7 Å². The van der Waals surface area contributed by atoms with Crippen molar-refractivity contribution in [3.05, 3.63) is 46.6 Å². The zero-order valence-electron chi connectivity index (χ0n) is 24.2. The molecule has 0 spiro atoms. The Morgan fingerprint density at radius 2 is 2.09 bits per heavy atom. The number of imidazole rings is 1. The van der Waals surface area contributed by atoms with Crippen LogP contribution < -0.4 is 21.1 Å². The van der Waals surface area contributed by atoms with Crippen LogP contribution in [0.2, 0.25) is 0 Å². The molecule has 0 aliphatic carbocycles. The van der Waals surface area contributed by atoms with Crippen LogP contribution in [-0.4, -0.2) is 70.0 Å². The summed E-state index contributed by atoms with van der Waals surface area (Å²) in [6.45, 7) is 2.80. The molecule has 0 saturated carbocycles. The molecule has 0 radical (unpaired) electrons. The number of azide groups is 1. The minimum Gasteiger partial charge on any atom is -0.469 e. The summed E-state index contributed by atoms with van der Waals surface area (Å²) in [5, 5.41) is 6.43. The number of nitrogens with two attached hydrogens (primary N) is 2. The number of benzene rings is 1. The molecule has 1 saturated heterocycles. The molecule has 3 aromatic rings. The van der Waals surface area contributed by atoms with Crippen LogP contribution >= 0.6 is 7.75 Å². The number of ether oxygens (including phenoxy) is 3. The lowest BCUT2D eigenvalue weighted by Crippen LogP contribution is -2.36. The number of hydrogen-bond donors (Lipinski definition) is 3. The van der Waals surface area contributed by atoms with Crippen molar-refractivity contribution in [1.29, 1.82) is 0 Å². The highest BCUT2D eigenvalue weighted by atomic mass is 31.2. The van der Waals surface area contributed by atoms with Gasteiger partial charge in [-0.05, 0) is 37.4 Å². The average molecular weight is 633 g/mol. The molecular formula is C25H33N10O8P. The van der Waals surface area contributed by atoms with Crippen LogP contribution in [0.15, 0.2) is 35.7 Å². The average Bonchev–Trinajstić information content (AvgIpc) is 3.59. The molecule has 5 atom stereocenters. The minimum absolute atomic E-state index is 0.0466. The first-order valence-electron chi connectivity index (χ1n) is 13.6. The van der Waals surface area contributed by atoms with Gasteiger partial charge in [0.05, 0.1) is 38.8 Å². The third-order valence-corrected chi connectivity index (χ3v) is 8.23. The van der Waals surface area contributed by atoms with Crippen molar-refractivity contribution in [3.8, 4) is 5.75 Å². The predicted molar refractivity (Wildman–Crippen MR) is 156 cm³/mol. The van der Waals surface area contributed by atoms with Crippen LogP contribution in [0.1, 0.15) is 38.5 Å². The Kier molecular flexibility index (Phi) is 10.6. The Balaban J connectivity index is 1.57. The van der Waals surface area contributed by atoms with E-state index in [9.17, 15) is 19.7 Å². The van der Waals surface area contributed by atoms with Gasteiger partial charge in [0.1, 0.15) is 23.5 Å². The van der Waals surface area contributed by atoms with Crippen LogP contribution in [0.4, 0.5) is 11.8 Å². The number of carbonyl (C=O) groups excluding carboxylic acids is 2. The Bertz CT molecular complexity index is 1600. The largest absolute Gasteiger partial charge is 0.469 e. The van der Waals surface area contributed by atoms with E-state index in [2.05, 4.69) is 30.1 Å². The van der Waals surface area contributed by atoms with E-state index in [-0.39, 0.29) is 50.0 Å². The van der Waals surface area contributed by atoms with E-state index in [1.165, 1.54) is 20.4 Å². The molecule has 44 heavy (non-hydrogen) atoms. The fourth-order valence-corrected chi connectivity index (χ4v) is 6.02. The Labute approximate surface area is 251 Å². The second-order valence-electron chi connectivity index (χ2n) is 9.60. The third-order valence-electron chi connectivity index (χ3n) is 6.60. The molecule has 18 nitrogen and oxygen atoms in total. The molecule has 5 N–H and O–H groups in total. The number of hydrogen-bond acceptors (Lipinski definition) is 14. The lowest BCUT2D eigenvalue weighted by molar-refractivity contribution is -0.144. The SMILES string of the molecule is CCOC(=O)[C@H](C)NP(=O)(OC[C@H]1O[C@@H](n2cnc3c(N)nc(N)nc32)C[C@H]1N=[N+]=[N-])Oc1ccccc1CCC(=O)OC. The molecule has 0 amide bonds. The topological polar surface area (TPSA) is 254 Å². The molecule has 1 fully saturated rings. The predicted octanol–water partition coefficient (Wildman–Crippen LogP) is 2.81. The van der Waals surface area contributed by atoms with Gasteiger partial charge in [-0.25, -0.2) is 9.55 Å². The number of aromatic nitrogens is 4. The second-order valence-corrected chi connectivity index (χ2v) is 11.3. The molecule has 3 heterocycles. The highest BCUT2D eigenvalue weighted by Crippen LogP contribution is 2.47. The number of para-hydroxylation sites is 1. The van der Waals surface area contributed by atoms with Crippen LogP contribution in [0.3, 0.4) is 0 Å². The summed E-state index contributed by atoms with van der Waals surface area (Å²) < 4.78 is 43.3. The maximum Gasteiger partial charge on any atom is 0.459 e. The van der Waals surface area contributed by atoms with Crippen molar-refractivity contribution >= 4 is 42.6 Å². The van der Waals surface area contributed by atoms with Gasteiger partial charge in [0.15, 0.2) is 11.5 Å². The maximum absolute atomic E-state index is 14.2. The molecule has 0 bridgehead atoms. The first kappa shape index (κ1) is 32.4. The summed E-state index contributed by atoms with van der Waals surface area (Å²) >= 11 is 0. The molecule has 1 aromatic carbocycles. The Morgan fingerprint density at radius 1 is 1.32 bits per heavy atom. The van der Waals surface area contributed by atoms with E-state index in [0.717, 1.165) is 0 Å². The summed E-state index contributed by atoms with van der Waals surface area (Å²) in [6, 6.07) is 4.76. The van der Waals surface area contributed by atoms with E-state index in [1.807, 2.05) is 0 Å². The van der Waals surface area contributed by atoms with Crippen molar-refractivity contribution < 1.29 is 37.4 Å². The lowest BCUT2D eigenvalue weighted by atomic mass is 10.1. The highest BCUT2D eigenvalue weighted by molar-refractivity contribution is 7.52. The van der Waals surface area contributed by atoms with Gasteiger partial charge in [0, 0.05) is 17.8 Å². The van der Waals surface area contributed by atoms with Crippen molar-refractivity contribution in [2.24, 2.45) is 5.11 Å². The van der Waals surface area contributed by atoms with Crippen LogP contribution in [0.5, 0.6) is 5.75 Å². The second kappa shape index (κ2) is 14.3. The summed E-state index contributed by atoms with van der Waals surface area (Å²) in [6.07, 6.45) is 0.254. The molecule has 19 heteroatoms. The zero-order chi connectivity index (χ0) is 31.9. The molecule has 4 rings (SSSR count). The summed E-state index contributed by atoms with van der Waals surface area (Å²) in [5.41, 5.74) is 22.1. The van der Waals surface area contributed by atoms with Crippen LogP contribution in [0.25, 0.3) is 21.6 Å². The van der Waals surface area contributed by atoms with Crippen molar-refractivity contribution in [3.63, 3.8) is 0 Å². The summed E-state index contributed by atoms with van der Waals surface area (Å²) in [5.74, 6) is -0.946. The quantitative estimate of drug-likeness (QED) is 0.0759. The van der Waals surface area contributed by atoms with Crippen molar-refractivity contribution in [1.82, 2.24) is 24.6 Å². The number of aryl methyl sites for hydroxylation is 1. The number of methoxy groups -OCH3 is 1. The Morgan fingerprint density at radius 3 is 2.82 bits per heavy atom. The van der Waals surface area contributed by atoms with E-state index >= 15 is 0 Å². The fourth-order valence-electron chi connectivity index (χ4n) is 4.48. The first-order chi connectivity index (χ1) is 21.1. The molecule has 236 valence electrons. The first-order valence-corrected chi connectivity index (χ1v) is 15.1.